The molecule has 5 heteroatoms. The summed E-state index contributed by atoms with van der Waals surface area (Å²) in [5.74, 6) is 0.0351. The lowest BCUT2D eigenvalue weighted by Gasteiger charge is -2.22. The second kappa shape index (κ2) is 10.8. The first kappa shape index (κ1) is 17.1. The molecule has 1 amide bonds. The second-order valence-electron chi connectivity index (χ2n) is 5.04. The lowest BCUT2D eigenvalue weighted by atomic mass is 10.2. The summed E-state index contributed by atoms with van der Waals surface area (Å²) in [4.78, 5) is 11.5. The van der Waals surface area contributed by atoms with E-state index in [0.717, 1.165) is 19.4 Å². The minimum atomic E-state index is -0.0663. The van der Waals surface area contributed by atoms with Crippen molar-refractivity contribution in [3.05, 3.63) is 12.7 Å². The number of hydrogen-bond acceptors (Lipinski definition) is 4. The largest absolute Gasteiger partial charge is 0.377 e. The molecule has 1 N–H and O–H groups in total. The van der Waals surface area contributed by atoms with E-state index in [0.29, 0.717) is 32.7 Å². The first-order valence-electron chi connectivity index (χ1n) is 7.43. The predicted molar refractivity (Wildman–Crippen MR) is 77.4 cm³/mol. The van der Waals surface area contributed by atoms with Gasteiger partial charge in [0.1, 0.15) is 0 Å². The number of rotatable bonds is 10. The van der Waals surface area contributed by atoms with Crippen molar-refractivity contribution < 1.29 is 19.0 Å². The number of nitrogens with one attached hydrogen (secondary N) is 1. The standard InChI is InChI=1S/C15H27NO4/c1-3-4-7-14(17)16-13(2)12-18-10-11-20-15-8-5-6-9-19-15/h3,13,15H,1,4-12H2,2H3,(H,16,17). The third kappa shape index (κ3) is 8.30. The van der Waals surface area contributed by atoms with Gasteiger partial charge in [0, 0.05) is 19.1 Å². The molecule has 1 aliphatic heterocycles. The maximum atomic E-state index is 11.5. The van der Waals surface area contributed by atoms with Crippen LogP contribution in [0.2, 0.25) is 0 Å². The molecular formula is C15H27NO4. The molecule has 0 aliphatic carbocycles. The van der Waals surface area contributed by atoms with Crippen molar-refractivity contribution in [2.24, 2.45) is 0 Å². The molecule has 1 fully saturated rings. The first-order chi connectivity index (χ1) is 9.72. The molecule has 2 atom stereocenters. The van der Waals surface area contributed by atoms with Gasteiger partial charge in [0.2, 0.25) is 5.91 Å². The van der Waals surface area contributed by atoms with Gasteiger partial charge in [0.15, 0.2) is 6.29 Å². The zero-order chi connectivity index (χ0) is 14.6. The van der Waals surface area contributed by atoms with Crippen molar-refractivity contribution in [3.8, 4) is 0 Å². The molecule has 1 heterocycles. The molecule has 2 unspecified atom stereocenters. The molecule has 0 saturated carbocycles. The molecule has 0 spiro atoms. The molecule has 1 rings (SSSR count). The van der Waals surface area contributed by atoms with Gasteiger partial charge in [-0.3, -0.25) is 4.79 Å². The van der Waals surface area contributed by atoms with E-state index in [1.54, 1.807) is 6.08 Å². The second-order valence-corrected chi connectivity index (χ2v) is 5.04. The van der Waals surface area contributed by atoms with E-state index in [4.69, 9.17) is 14.2 Å². The predicted octanol–water partition coefficient (Wildman–Crippen LogP) is 2.02. The maximum Gasteiger partial charge on any atom is 0.220 e. The van der Waals surface area contributed by atoms with Gasteiger partial charge >= 0.3 is 0 Å². The summed E-state index contributed by atoms with van der Waals surface area (Å²) >= 11 is 0. The van der Waals surface area contributed by atoms with Crippen LogP contribution < -0.4 is 5.32 Å². The van der Waals surface area contributed by atoms with Gasteiger partial charge in [-0.1, -0.05) is 6.08 Å². The van der Waals surface area contributed by atoms with Crippen LogP contribution in [0.4, 0.5) is 0 Å². The minimum Gasteiger partial charge on any atom is -0.377 e. The Kier molecular flexibility index (Phi) is 9.28. The van der Waals surface area contributed by atoms with Crippen LogP contribution in [0.1, 0.15) is 39.0 Å². The van der Waals surface area contributed by atoms with Crippen LogP contribution in [0.5, 0.6) is 0 Å². The van der Waals surface area contributed by atoms with Crippen LogP contribution in [0.3, 0.4) is 0 Å². The Balaban J connectivity index is 1.94. The van der Waals surface area contributed by atoms with Crippen molar-refractivity contribution in [3.63, 3.8) is 0 Å². The van der Waals surface area contributed by atoms with Crippen molar-refractivity contribution in [2.45, 2.75) is 51.4 Å². The highest BCUT2D eigenvalue weighted by atomic mass is 16.7. The maximum absolute atomic E-state index is 11.5. The Hall–Kier alpha value is -0.910. The average Bonchev–Trinajstić information content (AvgIpc) is 2.46. The Morgan fingerprint density at radius 1 is 1.50 bits per heavy atom. The quantitative estimate of drug-likeness (QED) is 0.493. The molecule has 0 bridgehead atoms. The number of carbonyl (C=O) groups excluding carboxylic acids is 1. The van der Waals surface area contributed by atoms with Crippen LogP contribution in [-0.4, -0.2) is 44.7 Å². The summed E-state index contributed by atoms with van der Waals surface area (Å²) in [6, 6.07) is 0.0123. The highest BCUT2D eigenvalue weighted by molar-refractivity contribution is 5.76. The van der Waals surface area contributed by atoms with Gasteiger partial charge in [0.05, 0.1) is 19.8 Å². The average molecular weight is 285 g/mol. The molecule has 0 radical (unpaired) electrons. The molecule has 0 aromatic heterocycles. The molecule has 0 aromatic carbocycles. The minimum absolute atomic E-state index is 0.0123. The van der Waals surface area contributed by atoms with E-state index in [-0.39, 0.29) is 18.2 Å². The van der Waals surface area contributed by atoms with E-state index in [2.05, 4.69) is 11.9 Å². The Morgan fingerprint density at radius 3 is 3.05 bits per heavy atom. The van der Waals surface area contributed by atoms with Gasteiger partial charge in [-0.05, 0) is 32.6 Å². The van der Waals surface area contributed by atoms with Gasteiger partial charge in [-0.25, -0.2) is 0 Å². The highest BCUT2D eigenvalue weighted by Crippen LogP contribution is 2.13. The SMILES string of the molecule is C=CCCC(=O)NC(C)COCCOC1CCCCO1. The number of amides is 1. The van der Waals surface area contributed by atoms with Crippen LogP contribution in [-0.2, 0) is 19.0 Å². The summed E-state index contributed by atoms with van der Waals surface area (Å²) in [6.07, 6.45) is 6.12. The topological polar surface area (TPSA) is 56.8 Å². The van der Waals surface area contributed by atoms with Crippen LogP contribution in [0.15, 0.2) is 12.7 Å². The van der Waals surface area contributed by atoms with Gasteiger partial charge in [-0.15, -0.1) is 6.58 Å². The van der Waals surface area contributed by atoms with E-state index in [1.807, 2.05) is 6.92 Å². The highest BCUT2D eigenvalue weighted by Gasteiger charge is 2.13. The van der Waals surface area contributed by atoms with Crippen LogP contribution >= 0.6 is 0 Å². The Labute approximate surface area is 121 Å². The van der Waals surface area contributed by atoms with Crippen molar-refractivity contribution in [2.75, 3.05) is 26.4 Å². The fraction of sp³-hybridized carbons (Fsp3) is 0.800. The summed E-state index contributed by atoms with van der Waals surface area (Å²) in [5, 5.41) is 2.88. The zero-order valence-corrected chi connectivity index (χ0v) is 12.4. The molecule has 5 nitrogen and oxygen atoms in total. The zero-order valence-electron chi connectivity index (χ0n) is 12.4. The number of allylic oxidation sites excluding steroid dienone is 1. The fourth-order valence-corrected chi connectivity index (χ4v) is 1.96. The van der Waals surface area contributed by atoms with Gasteiger partial charge < -0.3 is 19.5 Å². The Morgan fingerprint density at radius 2 is 2.35 bits per heavy atom. The van der Waals surface area contributed by atoms with Crippen LogP contribution in [0.25, 0.3) is 0 Å². The summed E-state index contributed by atoms with van der Waals surface area (Å²) in [5.41, 5.74) is 0. The summed E-state index contributed by atoms with van der Waals surface area (Å²) < 4.78 is 16.5. The lowest BCUT2D eigenvalue weighted by molar-refractivity contribution is -0.169. The monoisotopic (exact) mass is 285 g/mol. The van der Waals surface area contributed by atoms with Crippen LogP contribution in [0, 0.1) is 0 Å². The summed E-state index contributed by atoms with van der Waals surface area (Å²) in [6.45, 7) is 7.85. The molecule has 0 aromatic rings. The van der Waals surface area contributed by atoms with E-state index in [9.17, 15) is 4.79 Å². The van der Waals surface area contributed by atoms with Gasteiger partial charge in [-0.2, -0.15) is 0 Å². The Bertz CT molecular complexity index is 277. The molecule has 1 saturated heterocycles. The smallest absolute Gasteiger partial charge is 0.220 e. The van der Waals surface area contributed by atoms with Gasteiger partial charge in [0.25, 0.3) is 0 Å². The third-order valence-corrected chi connectivity index (χ3v) is 3.02. The lowest BCUT2D eigenvalue weighted by Crippen LogP contribution is -2.36. The number of hydrogen-bond donors (Lipinski definition) is 1. The van der Waals surface area contributed by atoms with E-state index >= 15 is 0 Å². The van der Waals surface area contributed by atoms with E-state index < -0.39 is 0 Å². The normalized spacial score (nSPS) is 20.4. The molecule has 116 valence electrons. The first-order valence-corrected chi connectivity index (χ1v) is 7.43. The van der Waals surface area contributed by atoms with E-state index in [1.165, 1.54) is 6.42 Å². The number of ether oxygens (including phenoxy) is 3. The van der Waals surface area contributed by atoms with Crippen molar-refractivity contribution in [1.29, 1.82) is 0 Å². The molecule has 20 heavy (non-hydrogen) atoms. The molecule has 1 aliphatic rings. The van der Waals surface area contributed by atoms with Crippen molar-refractivity contribution >= 4 is 5.91 Å². The number of carbonyl (C=O) groups is 1. The fourth-order valence-electron chi connectivity index (χ4n) is 1.96. The third-order valence-electron chi connectivity index (χ3n) is 3.02. The molecular weight excluding hydrogens is 258 g/mol. The van der Waals surface area contributed by atoms with Crippen molar-refractivity contribution in [1.82, 2.24) is 5.32 Å². The summed E-state index contributed by atoms with van der Waals surface area (Å²) in [7, 11) is 0.